The van der Waals surface area contributed by atoms with Crippen LogP contribution in [0.5, 0.6) is 0 Å². The average molecular weight is 340 g/mol. The topological polar surface area (TPSA) is 67.9 Å². The molecule has 2 saturated heterocycles. The lowest BCUT2D eigenvalue weighted by atomic mass is 9.95. The molecule has 0 spiro atoms. The van der Waals surface area contributed by atoms with Crippen LogP contribution < -0.4 is 5.32 Å². The summed E-state index contributed by atoms with van der Waals surface area (Å²) in [7, 11) is 0. The molecule has 0 aromatic rings. The molecule has 2 rings (SSSR count). The van der Waals surface area contributed by atoms with E-state index in [1.807, 2.05) is 18.7 Å². The summed E-state index contributed by atoms with van der Waals surface area (Å²) >= 11 is 0. The maximum absolute atomic E-state index is 12.2. The highest BCUT2D eigenvalue weighted by molar-refractivity contribution is 5.80. The molecule has 24 heavy (non-hydrogen) atoms. The highest BCUT2D eigenvalue weighted by atomic mass is 16.5. The monoisotopic (exact) mass is 340 g/mol. The number of likely N-dealkylation sites (tertiary alicyclic amines) is 1. The number of nitrogens with zero attached hydrogens (tertiary/aromatic N) is 1. The van der Waals surface area contributed by atoms with E-state index in [4.69, 9.17) is 9.47 Å². The van der Waals surface area contributed by atoms with Gasteiger partial charge in [0.25, 0.3) is 0 Å². The Kier molecular flexibility index (Phi) is 7.99. The number of ether oxygens (including phenoxy) is 2. The first-order valence-electron chi connectivity index (χ1n) is 9.33. The Morgan fingerprint density at radius 3 is 2.62 bits per heavy atom. The van der Waals surface area contributed by atoms with Gasteiger partial charge in [-0.2, -0.15) is 0 Å². The predicted molar refractivity (Wildman–Crippen MR) is 91.6 cm³/mol. The summed E-state index contributed by atoms with van der Waals surface area (Å²) in [6, 6.07) is 0. The molecule has 2 aliphatic rings. The maximum atomic E-state index is 12.2. The van der Waals surface area contributed by atoms with E-state index in [1.165, 1.54) is 0 Å². The highest BCUT2D eigenvalue weighted by Gasteiger charge is 2.27. The number of nitrogens with one attached hydrogen (secondary N) is 1. The maximum Gasteiger partial charge on any atom is 0.225 e. The molecule has 1 unspecified atom stereocenters. The van der Waals surface area contributed by atoms with Crippen LogP contribution >= 0.6 is 0 Å². The van der Waals surface area contributed by atoms with Crippen LogP contribution in [0.25, 0.3) is 0 Å². The van der Waals surface area contributed by atoms with E-state index < -0.39 is 0 Å². The highest BCUT2D eigenvalue weighted by Crippen LogP contribution is 2.19. The zero-order chi connectivity index (χ0) is 17.4. The summed E-state index contributed by atoms with van der Waals surface area (Å²) < 4.78 is 11.1. The van der Waals surface area contributed by atoms with Gasteiger partial charge in [0.05, 0.1) is 12.7 Å². The lowest BCUT2D eigenvalue weighted by Crippen LogP contribution is -2.44. The van der Waals surface area contributed by atoms with Crippen molar-refractivity contribution in [2.24, 2.45) is 11.8 Å². The number of carbonyl (C=O) groups is 2. The minimum Gasteiger partial charge on any atom is -0.379 e. The van der Waals surface area contributed by atoms with Gasteiger partial charge in [-0.1, -0.05) is 13.8 Å². The normalized spacial score (nSPS) is 22.1. The molecule has 2 fully saturated rings. The number of hydrogen-bond donors (Lipinski definition) is 1. The summed E-state index contributed by atoms with van der Waals surface area (Å²) in [6.45, 7) is 8.04. The van der Waals surface area contributed by atoms with Gasteiger partial charge >= 0.3 is 0 Å². The second kappa shape index (κ2) is 9.99. The smallest absolute Gasteiger partial charge is 0.225 e. The van der Waals surface area contributed by atoms with Gasteiger partial charge in [-0.15, -0.1) is 0 Å². The SMILES string of the molecule is CC(C)C(=O)N1CCC(C(=O)NCCCOCC2CCCO2)CC1. The Morgan fingerprint density at radius 1 is 1.25 bits per heavy atom. The first-order valence-corrected chi connectivity index (χ1v) is 9.33. The molecule has 2 amide bonds. The standard InChI is InChI=1S/C18H32N2O4/c1-14(2)18(22)20-9-6-15(7-10-20)17(21)19-8-4-11-23-13-16-5-3-12-24-16/h14-16H,3-13H2,1-2H3,(H,19,21). The van der Waals surface area contributed by atoms with Crippen molar-refractivity contribution in [3.8, 4) is 0 Å². The molecular weight excluding hydrogens is 308 g/mol. The van der Waals surface area contributed by atoms with Crippen LogP contribution in [-0.2, 0) is 19.1 Å². The molecular formula is C18H32N2O4. The van der Waals surface area contributed by atoms with Gasteiger partial charge in [0.2, 0.25) is 11.8 Å². The largest absolute Gasteiger partial charge is 0.379 e. The van der Waals surface area contributed by atoms with Crippen LogP contribution in [0, 0.1) is 11.8 Å². The summed E-state index contributed by atoms with van der Waals surface area (Å²) in [5.41, 5.74) is 0. The fraction of sp³-hybridized carbons (Fsp3) is 0.889. The van der Waals surface area contributed by atoms with Crippen molar-refractivity contribution >= 4 is 11.8 Å². The molecule has 0 radical (unpaired) electrons. The second-order valence-electron chi connectivity index (χ2n) is 7.11. The van der Waals surface area contributed by atoms with Crippen molar-refractivity contribution in [3.05, 3.63) is 0 Å². The number of piperidine rings is 1. The number of rotatable bonds is 8. The Balaban J connectivity index is 1.51. The molecule has 1 N–H and O–H groups in total. The number of hydrogen-bond acceptors (Lipinski definition) is 4. The summed E-state index contributed by atoms with van der Waals surface area (Å²) in [6.07, 6.45) is 4.83. The zero-order valence-corrected chi connectivity index (χ0v) is 15.1. The quantitative estimate of drug-likeness (QED) is 0.681. The van der Waals surface area contributed by atoms with Gasteiger partial charge in [0.1, 0.15) is 0 Å². The van der Waals surface area contributed by atoms with Crippen LogP contribution in [0.1, 0.15) is 46.0 Å². The zero-order valence-electron chi connectivity index (χ0n) is 15.1. The first kappa shape index (κ1) is 19.2. The van der Waals surface area contributed by atoms with E-state index in [2.05, 4.69) is 5.32 Å². The molecule has 0 saturated carbocycles. The van der Waals surface area contributed by atoms with Crippen LogP contribution in [0.15, 0.2) is 0 Å². The van der Waals surface area contributed by atoms with Crippen molar-refractivity contribution < 1.29 is 19.1 Å². The second-order valence-corrected chi connectivity index (χ2v) is 7.11. The molecule has 0 aliphatic carbocycles. The minimum absolute atomic E-state index is 0.0324. The third-order valence-corrected chi connectivity index (χ3v) is 4.76. The summed E-state index contributed by atoms with van der Waals surface area (Å²) in [5.74, 6) is 0.377. The van der Waals surface area contributed by atoms with Gasteiger partial charge in [0, 0.05) is 44.7 Å². The molecule has 0 aromatic carbocycles. The minimum atomic E-state index is 0.0324. The Hall–Kier alpha value is -1.14. The van der Waals surface area contributed by atoms with E-state index in [1.54, 1.807) is 0 Å². The molecule has 6 nitrogen and oxygen atoms in total. The van der Waals surface area contributed by atoms with Crippen molar-refractivity contribution in [3.63, 3.8) is 0 Å². The Labute approximate surface area is 145 Å². The van der Waals surface area contributed by atoms with Gasteiger partial charge in [0.15, 0.2) is 0 Å². The molecule has 2 heterocycles. The van der Waals surface area contributed by atoms with Crippen molar-refractivity contribution in [2.45, 2.75) is 52.1 Å². The third kappa shape index (κ3) is 6.06. The molecule has 1 atom stereocenters. The molecule has 0 bridgehead atoms. The molecule has 6 heteroatoms. The summed E-state index contributed by atoms with van der Waals surface area (Å²) in [5, 5.41) is 2.99. The Bertz CT molecular complexity index is 400. The van der Waals surface area contributed by atoms with Crippen LogP contribution in [0.4, 0.5) is 0 Å². The number of amides is 2. The summed E-state index contributed by atoms with van der Waals surface area (Å²) in [4.78, 5) is 26.0. The third-order valence-electron chi connectivity index (χ3n) is 4.76. The van der Waals surface area contributed by atoms with Crippen molar-refractivity contribution in [2.75, 3.05) is 39.5 Å². The van der Waals surface area contributed by atoms with Crippen molar-refractivity contribution in [1.29, 1.82) is 0 Å². The van der Waals surface area contributed by atoms with E-state index in [0.29, 0.717) is 32.8 Å². The van der Waals surface area contributed by atoms with Gasteiger partial charge < -0.3 is 19.7 Å². The van der Waals surface area contributed by atoms with Gasteiger partial charge in [-0.05, 0) is 32.1 Å². The van der Waals surface area contributed by atoms with E-state index in [9.17, 15) is 9.59 Å². The van der Waals surface area contributed by atoms with E-state index >= 15 is 0 Å². The van der Waals surface area contributed by atoms with Gasteiger partial charge in [-0.25, -0.2) is 0 Å². The fourth-order valence-electron chi connectivity index (χ4n) is 3.25. The fourth-order valence-corrected chi connectivity index (χ4v) is 3.25. The first-order chi connectivity index (χ1) is 11.6. The number of carbonyl (C=O) groups excluding carboxylic acids is 2. The lowest BCUT2D eigenvalue weighted by Gasteiger charge is -2.32. The molecule has 0 aromatic heterocycles. The van der Waals surface area contributed by atoms with E-state index in [-0.39, 0.29) is 29.8 Å². The van der Waals surface area contributed by atoms with Crippen LogP contribution in [0.3, 0.4) is 0 Å². The Morgan fingerprint density at radius 2 is 2.00 bits per heavy atom. The predicted octanol–water partition coefficient (Wildman–Crippen LogP) is 1.58. The van der Waals surface area contributed by atoms with Crippen molar-refractivity contribution in [1.82, 2.24) is 10.2 Å². The van der Waals surface area contributed by atoms with E-state index in [0.717, 1.165) is 38.7 Å². The lowest BCUT2D eigenvalue weighted by molar-refractivity contribution is -0.138. The van der Waals surface area contributed by atoms with Gasteiger partial charge in [-0.3, -0.25) is 9.59 Å². The average Bonchev–Trinajstić information content (AvgIpc) is 3.10. The van der Waals surface area contributed by atoms with Crippen LogP contribution in [0.2, 0.25) is 0 Å². The van der Waals surface area contributed by atoms with Crippen LogP contribution in [-0.4, -0.2) is 62.3 Å². The molecule has 138 valence electrons. The molecule has 2 aliphatic heterocycles.